The van der Waals surface area contributed by atoms with E-state index in [2.05, 4.69) is 31.8 Å². The fourth-order valence-electron chi connectivity index (χ4n) is 13.8. The van der Waals surface area contributed by atoms with E-state index in [4.69, 9.17) is 25.5 Å². The number of carbonyl (C=O) groups is 3. The predicted molar refractivity (Wildman–Crippen MR) is 236 cm³/mol. The molecule has 5 aliphatic heterocycles. The normalized spacial score (nSPS) is 35.4. The summed E-state index contributed by atoms with van der Waals surface area (Å²) < 4.78 is 24.0. The van der Waals surface area contributed by atoms with Crippen LogP contribution in [0.2, 0.25) is 0 Å². The summed E-state index contributed by atoms with van der Waals surface area (Å²) in [5, 5.41) is 26.4. The molecule has 14 heteroatoms. The number of aromatic nitrogens is 1. The van der Waals surface area contributed by atoms with E-state index in [1.165, 1.54) is 27.3 Å². The van der Waals surface area contributed by atoms with Crippen LogP contribution in [0.5, 0.6) is 5.75 Å². The molecular formula is C49H59N5O9. The molecule has 1 spiro atoms. The highest BCUT2D eigenvalue weighted by atomic mass is 16.6. The lowest BCUT2D eigenvalue weighted by Gasteiger charge is -2.63. The van der Waals surface area contributed by atoms with Gasteiger partial charge in [0.15, 0.2) is 12.3 Å². The van der Waals surface area contributed by atoms with Gasteiger partial charge < -0.3 is 39.0 Å². The second kappa shape index (κ2) is 15.2. The Balaban J connectivity index is 1.37. The molecule has 10 atom stereocenters. The number of fused-ring (bicyclic) bond motifs is 6. The molecule has 2 aromatic carbocycles. The molecule has 1 aliphatic carbocycles. The number of methoxy groups -OCH3 is 3. The molecule has 63 heavy (non-hydrogen) atoms. The van der Waals surface area contributed by atoms with Gasteiger partial charge in [0.2, 0.25) is 5.60 Å². The van der Waals surface area contributed by atoms with Crippen molar-refractivity contribution in [1.29, 1.82) is 0 Å². The van der Waals surface area contributed by atoms with Gasteiger partial charge in [0.25, 0.3) is 0 Å². The van der Waals surface area contributed by atoms with Crippen LogP contribution >= 0.6 is 0 Å². The van der Waals surface area contributed by atoms with E-state index in [0.29, 0.717) is 87.5 Å². The Morgan fingerprint density at radius 3 is 2.46 bits per heavy atom. The fraction of sp³-hybridized carbons (Fsp3) is 0.551. The molecule has 2 saturated heterocycles. The molecule has 6 aliphatic rings. The van der Waals surface area contributed by atoms with Crippen molar-refractivity contribution >= 4 is 40.6 Å². The average Bonchev–Trinajstić information content (AvgIpc) is 3.94. The zero-order chi connectivity index (χ0) is 44.9. The van der Waals surface area contributed by atoms with Crippen molar-refractivity contribution in [2.24, 2.45) is 11.3 Å². The Morgan fingerprint density at radius 2 is 1.78 bits per heavy atom. The summed E-state index contributed by atoms with van der Waals surface area (Å²) in [5.74, 6) is -1.72. The molecule has 9 rings (SSSR count). The second-order valence-corrected chi connectivity index (χ2v) is 18.9. The average molecular weight is 862 g/mol. The molecule has 1 unspecified atom stereocenters. The third-order valence-corrected chi connectivity index (χ3v) is 16.1. The van der Waals surface area contributed by atoms with Crippen LogP contribution in [0.1, 0.15) is 80.8 Å². The van der Waals surface area contributed by atoms with Gasteiger partial charge in [0.1, 0.15) is 11.2 Å². The van der Waals surface area contributed by atoms with Crippen LogP contribution in [-0.4, -0.2) is 133 Å². The third-order valence-electron chi connectivity index (χ3n) is 16.1. The molecule has 14 nitrogen and oxygen atoms in total. The summed E-state index contributed by atoms with van der Waals surface area (Å²) >= 11 is 0. The van der Waals surface area contributed by atoms with Gasteiger partial charge in [-0.25, -0.2) is 9.64 Å². The van der Waals surface area contributed by atoms with Crippen LogP contribution in [0, 0.1) is 17.9 Å². The first-order valence-corrected chi connectivity index (χ1v) is 22.2. The van der Waals surface area contributed by atoms with E-state index in [0.717, 1.165) is 27.6 Å². The largest absolute Gasteiger partial charge is 0.496 e. The Kier molecular flexibility index (Phi) is 10.4. The van der Waals surface area contributed by atoms with E-state index in [1.54, 1.807) is 13.2 Å². The van der Waals surface area contributed by atoms with E-state index in [1.807, 2.05) is 56.1 Å². The number of likely N-dealkylation sites (N-methyl/N-ethyl adjacent to an activating group) is 1. The highest BCUT2D eigenvalue weighted by molar-refractivity contribution is 5.95. The number of hydrogen-bond donors (Lipinski definition) is 3. The summed E-state index contributed by atoms with van der Waals surface area (Å²) in [5.41, 5.74) is -1.32. The fourth-order valence-corrected chi connectivity index (χ4v) is 13.8. The number of anilines is 1. The van der Waals surface area contributed by atoms with Crippen molar-refractivity contribution in [2.75, 3.05) is 66.0 Å². The van der Waals surface area contributed by atoms with Gasteiger partial charge in [-0.1, -0.05) is 38.1 Å². The Labute approximate surface area is 368 Å². The second-order valence-electron chi connectivity index (χ2n) is 18.9. The quantitative estimate of drug-likeness (QED) is 0.122. The molecule has 0 radical (unpaired) electrons. The number of ether oxygens (including phenoxy) is 4. The number of hydrogen-bond acceptors (Lipinski definition) is 12. The zero-order valence-electron chi connectivity index (χ0n) is 37.3. The van der Waals surface area contributed by atoms with Crippen molar-refractivity contribution in [3.63, 3.8) is 0 Å². The minimum atomic E-state index is -2.33. The molecule has 1 saturated carbocycles. The number of esters is 3. The number of H-pyrrole nitrogens is 1. The van der Waals surface area contributed by atoms with Gasteiger partial charge >= 0.3 is 17.9 Å². The first-order valence-electron chi connectivity index (χ1n) is 22.2. The topological polar surface area (TPSA) is 158 Å². The Hall–Kier alpha value is -5.20. The lowest BCUT2D eigenvalue weighted by atomic mass is 9.47. The van der Waals surface area contributed by atoms with Crippen LogP contribution in [0.3, 0.4) is 0 Å². The van der Waals surface area contributed by atoms with Crippen LogP contribution in [-0.2, 0) is 45.8 Å². The van der Waals surface area contributed by atoms with Gasteiger partial charge in [0.05, 0.1) is 39.5 Å². The first-order chi connectivity index (χ1) is 30.2. The predicted octanol–water partition coefficient (Wildman–Crippen LogP) is 4.88. The third kappa shape index (κ3) is 5.85. The van der Waals surface area contributed by atoms with E-state index < -0.39 is 57.5 Å². The highest BCUT2D eigenvalue weighted by Gasteiger charge is 2.80. The van der Waals surface area contributed by atoms with Crippen molar-refractivity contribution in [3.05, 3.63) is 88.0 Å². The lowest BCUT2D eigenvalue weighted by Crippen LogP contribution is -2.81. The number of benzene rings is 2. The van der Waals surface area contributed by atoms with E-state index in [-0.39, 0.29) is 18.4 Å². The molecular weight excluding hydrogens is 803 g/mol. The maximum Gasteiger partial charge on any atom is 0.344 e. The summed E-state index contributed by atoms with van der Waals surface area (Å²) in [6.45, 7) is 15.8. The summed E-state index contributed by atoms with van der Waals surface area (Å²) in [4.78, 5) is 56.8. The van der Waals surface area contributed by atoms with Crippen LogP contribution in [0.25, 0.3) is 21.8 Å². The standard InChI is InChI=1S/C49H59N5O9/c1-9-45(58)25-31-26-48(43(56)61-7,39-32(15-20-53(27-31)28-45)33-22-30(14-18-50-4)12-13-36(33)51-39)35-23-34-37(24-38(35)60-6)52(5)41-47(34)17-21-54-19-11-16-46(10-2,40(47)54)42(63-29(3)55)49(41,59)44(57)62-8/h11-14,16,18,22-24,31,40-42,51,58-59H,9-10,15,17,19-21,25-28H2,1-3,5-8H3/t31-,40+,41-,42-,45+,46-,47-,48+,49+/m1/s1. The maximum atomic E-state index is 15.5. The molecule has 1 aromatic heterocycles. The van der Waals surface area contributed by atoms with Crippen molar-refractivity contribution < 1.29 is 43.5 Å². The monoisotopic (exact) mass is 861 g/mol. The zero-order valence-corrected chi connectivity index (χ0v) is 37.3. The highest BCUT2D eigenvalue weighted by Crippen LogP contribution is 2.68. The van der Waals surface area contributed by atoms with Gasteiger partial charge in [0, 0.05) is 90.9 Å². The molecule has 3 aromatic rings. The summed E-state index contributed by atoms with van der Waals surface area (Å²) in [7, 11) is 6.09. The number of nitrogens with zero attached hydrogens (tertiary/aromatic N) is 4. The van der Waals surface area contributed by atoms with Gasteiger partial charge in [-0.05, 0) is 85.9 Å². The number of carbonyl (C=O) groups excluding carboxylic acids is 3. The van der Waals surface area contributed by atoms with Gasteiger partial charge in [-0.15, -0.1) is 0 Å². The molecule has 3 fully saturated rings. The van der Waals surface area contributed by atoms with Crippen LogP contribution in [0.4, 0.5) is 5.69 Å². The van der Waals surface area contributed by atoms with E-state index in [9.17, 15) is 19.8 Å². The summed E-state index contributed by atoms with van der Waals surface area (Å²) in [6.07, 6.45) is 8.86. The molecule has 6 heterocycles. The smallest absolute Gasteiger partial charge is 0.344 e. The van der Waals surface area contributed by atoms with Crippen LogP contribution in [0.15, 0.2) is 48.7 Å². The lowest BCUT2D eigenvalue weighted by molar-refractivity contribution is -0.228. The Bertz CT molecular complexity index is 2490. The molecule has 0 amide bonds. The Morgan fingerprint density at radius 1 is 1.00 bits per heavy atom. The first kappa shape index (κ1) is 43.1. The van der Waals surface area contributed by atoms with Crippen LogP contribution < -0.4 is 9.64 Å². The molecule has 3 N–H and O–H groups in total. The maximum absolute atomic E-state index is 15.5. The number of aromatic amines is 1. The van der Waals surface area contributed by atoms with E-state index >= 15 is 4.79 Å². The summed E-state index contributed by atoms with van der Waals surface area (Å²) in [6, 6.07) is 8.70. The number of piperidine rings is 1. The SMILES string of the molecule is [C-]#[N+]C=Cc1ccc2[nH]c3c(c2c1)CCN1C[C@H](C[C@@](O)(CC)C1)C[C@]3(C(=O)OC)c1cc2c(cc1OC)N(C)[C@H]1[C@@](O)(C(=O)OC)[C@H](OC(C)=O)[C@]3(CC)C=CCN4CC[C@]21[C@@H]43. The van der Waals surface area contributed by atoms with Crippen molar-refractivity contribution in [2.45, 2.75) is 99.5 Å². The van der Waals surface area contributed by atoms with Crippen molar-refractivity contribution in [1.82, 2.24) is 14.8 Å². The number of rotatable bonds is 8. The van der Waals surface area contributed by atoms with Gasteiger partial charge in [-0.3, -0.25) is 19.4 Å². The van der Waals surface area contributed by atoms with Crippen molar-refractivity contribution in [3.8, 4) is 5.75 Å². The molecule has 2 bridgehead atoms. The minimum absolute atomic E-state index is 0.148. The number of aliphatic hydroxyl groups is 2. The van der Waals surface area contributed by atoms with Gasteiger partial charge in [-0.2, -0.15) is 0 Å². The number of nitrogens with one attached hydrogen (secondary N) is 1. The molecule has 334 valence electrons. The minimum Gasteiger partial charge on any atom is -0.496 e.